The molecule has 70 heavy (non-hydrogen) atoms. The number of carbonyl (C=O) groups is 1. The van der Waals surface area contributed by atoms with E-state index in [1.165, 1.54) is 88.6 Å². The number of rotatable bonds is 16. The van der Waals surface area contributed by atoms with Gasteiger partial charge in [-0.1, -0.05) is 247 Å². The van der Waals surface area contributed by atoms with Gasteiger partial charge >= 0.3 is 0 Å². The fraction of sp³-hybridized carbons (Fsp3) is 0.431. The lowest BCUT2D eigenvalue weighted by Gasteiger charge is -2.11. The summed E-state index contributed by atoms with van der Waals surface area (Å²) in [6.07, 6.45) is 8.95. The Morgan fingerprint density at radius 2 is 0.543 bits per heavy atom. The molecule has 0 aliphatic rings. The van der Waals surface area contributed by atoms with Crippen molar-refractivity contribution < 1.29 is 9.90 Å². The Morgan fingerprint density at radius 1 is 0.357 bits per heavy atom. The maximum atomic E-state index is 9.04. The fourth-order valence-corrected chi connectivity index (χ4v) is 7.04. The quantitative estimate of drug-likeness (QED) is 0.0775. The van der Waals surface area contributed by atoms with Crippen LogP contribution in [0.15, 0.2) is 164 Å². The van der Waals surface area contributed by atoms with E-state index in [1.54, 1.807) is 0 Å². The van der Waals surface area contributed by atoms with Gasteiger partial charge in [-0.2, -0.15) is 0 Å². The first kappa shape index (κ1) is 67.9. The second-order valence-corrected chi connectivity index (χ2v) is 18.5. The summed E-state index contributed by atoms with van der Waals surface area (Å²) in [5.74, 6) is 4.83. The van der Waals surface area contributed by atoms with Crippen molar-refractivity contribution in [1.82, 2.24) is 0 Å². The van der Waals surface area contributed by atoms with Crippen molar-refractivity contribution >= 4 is 41.9 Å². The average molecular weight is 1010 g/mol. The largest absolute Gasteiger partial charge is 0.400 e. The first-order valence-corrected chi connectivity index (χ1v) is 26.8. The predicted molar refractivity (Wildman–Crippen MR) is 315 cm³/mol. The van der Waals surface area contributed by atoms with Gasteiger partial charge in [-0.15, -0.1) is 35.6 Å². The minimum absolute atomic E-state index is 0. The molecule has 2 nitrogen and oxygen atoms in total. The van der Waals surface area contributed by atoms with E-state index in [9.17, 15) is 0 Å². The third-order valence-corrected chi connectivity index (χ3v) is 13.5. The molecule has 0 saturated heterocycles. The molecule has 6 rings (SSSR count). The minimum Gasteiger partial charge on any atom is -0.400 e. The van der Waals surface area contributed by atoms with Gasteiger partial charge < -0.3 is 9.90 Å². The Balaban J connectivity index is 0. The standard InChI is InChI=1S/C21H28.C11H15Cl.3C10H14.C2H3ClO.CH4O.ClH/c1-5-16(3)20-11-7-18(8-12-20)15-19-9-13-21(14-10-19)17(4)6-2;1-3-9(2)11-6-4-10(8-12)5-7-11;3*1-3-9(2)10-7-5-4-6-8-10;3-1-2-4;1-2;/h7-14,16-17H,5-6,15H2,1-4H3;4-7,9H,3,8H2,1-2H3;3*4-9H,3H2,1-2H3;2H,1H2;2H,1H3;1H. The van der Waals surface area contributed by atoms with Gasteiger partial charge in [0.05, 0.1) is 5.88 Å². The molecule has 6 unspecified atom stereocenters. The number of alkyl halides is 2. The van der Waals surface area contributed by atoms with E-state index in [0.29, 0.717) is 47.7 Å². The Morgan fingerprint density at radius 3 is 0.714 bits per heavy atom. The van der Waals surface area contributed by atoms with Gasteiger partial charge in [0.15, 0.2) is 0 Å². The van der Waals surface area contributed by atoms with Crippen LogP contribution >= 0.6 is 35.6 Å². The van der Waals surface area contributed by atoms with Crippen LogP contribution in [0.4, 0.5) is 0 Å². The summed E-state index contributed by atoms with van der Waals surface area (Å²) in [7, 11) is 1.00. The van der Waals surface area contributed by atoms with Crippen LogP contribution in [-0.2, 0) is 17.1 Å². The van der Waals surface area contributed by atoms with Crippen LogP contribution in [0.25, 0.3) is 0 Å². The highest BCUT2D eigenvalue weighted by Crippen LogP contribution is 2.23. The lowest BCUT2D eigenvalue weighted by molar-refractivity contribution is -0.105. The van der Waals surface area contributed by atoms with Crippen molar-refractivity contribution in [3.8, 4) is 0 Å². The molecule has 0 fully saturated rings. The zero-order chi connectivity index (χ0) is 51.8. The van der Waals surface area contributed by atoms with Crippen LogP contribution < -0.4 is 0 Å². The molecule has 386 valence electrons. The third-order valence-electron chi connectivity index (χ3n) is 13.1. The molecule has 0 saturated carbocycles. The van der Waals surface area contributed by atoms with E-state index in [4.69, 9.17) is 33.1 Å². The van der Waals surface area contributed by atoms with Gasteiger partial charge in [0, 0.05) is 13.0 Å². The molecular formula is C65H93Cl3O2. The normalized spacial score (nSPS) is 12.4. The minimum atomic E-state index is 0. The summed E-state index contributed by atoms with van der Waals surface area (Å²) in [6.45, 7) is 27.0. The average Bonchev–Trinajstić information content (AvgIpc) is 3.44. The lowest BCUT2D eigenvalue weighted by atomic mass is 9.94. The Hall–Kier alpha value is -4.18. The molecule has 0 spiro atoms. The number of hydrogen-bond donors (Lipinski definition) is 1. The first-order chi connectivity index (χ1) is 33.4. The maximum Gasteiger partial charge on any atom is 0.134 e. The molecule has 0 heterocycles. The predicted octanol–water partition coefficient (Wildman–Crippen LogP) is 20.3. The van der Waals surface area contributed by atoms with Crippen molar-refractivity contribution in [3.05, 3.63) is 214 Å². The van der Waals surface area contributed by atoms with Crippen molar-refractivity contribution in [2.45, 2.75) is 169 Å². The van der Waals surface area contributed by atoms with Crippen LogP contribution in [-0.4, -0.2) is 24.4 Å². The molecule has 6 aromatic carbocycles. The van der Waals surface area contributed by atoms with E-state index < -0.39 is 0 Å². The molecule has 0 bridgehead atoms. The van der Waals surface area contributed by atoms with Crippen LogP contribution in [0.3, 0.4) is 0 Å². The smallest absolute Gasteiger partial charge is 0.134 e. The number of aldehydes is 1. The van der Waals surface area contributed by atoms with E-state index >= 15 is 0 Å². The lowest BCUT2D eigenvalue weighted by Crippen LogP contribution is -1.94. The van der Waals surface area contributed by atoms with Crippen molar-refractivity contribution in [3.63, 3.8) is 0 Å². The monoisotopic (exact) mass is 1010 g/mol. The van der Waals surface area contributed by atoms with Gasteiger partial charge in [-0.05, 0) is 131 Å². The van der Waals surface area contributed by atoms with E-state index in [-0.39, 0.29) is 18.3 Å². The van der Waals surface area contributed by atoms with E-state index in [0.717, 1.165) is 13.5 Å². The summed E-state index contributed by atoms with van der Waals surface area (Å²) in [6, 6.07) is 58.7. The molecule has 5 heteroatoms. The topological polar surface area (TPSA) is 37.3 Å². The summed E-state index contributed by atoms with van der Waals surface area (Å²) >= 11 is 10.5. The number of aliphatic hydroxyl groups excluding tert-OH is 1. The van der Waals surface area contributed by atoms with Crippen LogP contribution in [0.5, 0.6) is 0 Å². The zero-order valence-corrected chi connectivity index (χ0v) is 47.8. The Labute approximate surface area is 445 Å². The number of carbonyl (C=O) groups excluding carboxylic acids is 1. The molecule has 0 aliphatic heterocycles. The molecule has 0 aliphatic carbocycles. The third kappa shape index (κ3) is 29.2. The molecule has 0 radical (unpaired) electrons. The second kappa shape index (κ2) is 43.6. The number of halogens is 3. The molecule has 1 N–H and O–H groups in total. The SMILES string of the molecule is CCC(C)c1ccc(CCl)cc1.CCC(C)c1ccc(Cc2ccc(C(C)CC)cc2)cc1.CCC(C)c1ccccc1.CCC(C)c1ccccc1.CCC(C)c1ccccc1.CO.Cl.O=CCCl. The van der Waals surface area contributed by atoms with Crippen LogP contribution in [0, 0.1) is 0 Å². The fourth-order valence-electron chi connectivity index (χ4n) is 6.86. The van der Waals surface area contributed by atoms with Gasteiger partial charge in [-0.25, -0.2) is 0 Å². The van der Waals surface area contributed by atoms with Gasteiger partial charge in [0.1, 0.15) is 6.29 Å². The zero-order valence-electron chi connectivity index (χ0n) is 45.5. The highest BCUT2D eigenvalue weighted by Gasteiger charge is 2.06. The van der Waals surface area contributed by atoms with Crippen LogP contribution in [0.1, 0.15) is 207 Å². The highest BCUT2D eigenvalue weighted by molar-refractivity contribution is 6.24. The Bertz CT molecular complexity index is 1880. The molecule has 0 aromatic heterocycles. The first-order valence-electron chi connectivity index (χ1n) is 25.8. The molecular weight excluding hydrogens is 919 g/mol. The summed E-state index contributed by atoms with van der Waals surface area (Å²) in [4.78, 5) is 9.04. The van der Waals surface area contributed by atoms with E-state index in [1.807, 2.05) is 0 Å². The van der Waals surface area contributed by atoms with E-state index in [2.05, 4.69) is 247 Å². The number of benzene rings is 6. The summed E-state index contributed by atoms with van der Waals surface area (Å²) < 4.78 is 0. The molecule has 6 atom stereocenters. The van der Waals surface area contributed by atoms with Gasteiger partial charge in [0.2, 0.25) is 0 Å². The summed E-state index contributed by atoms with van der Waals surface area (Å²) in [5, 5.41) is 7.00. The van der Waals surface area contributed by atoms with Gasteiger partial charge in [0.25, 0.3) is 0 Å². The summed E-state index contributed by atoms with van der Waals surface area (Å²) in [5.41, 5.74) is 12.7. The number of aliphatic hydroxyl groups is 1. The van der Waals surface area contributed by atoms with Crippen molar-refractivity contribution in [2.24, 2.45) is 0 Å². The van der Waals surface area contributed by atoms with Crippen molar-refractivity contribution in [2.75, 3.05) is 13.0 Å². The number of hydrogen-bond acceptors (Lipinski definition) is 2. The van der Waals surface area contributed by atoms with Crippen molar-refractivity contribution in [1.29, 1.82) is 0 Å². The highest BCUT2D eigenvalue weighted by atomic mass is 35.5. The molecule has 0 amide bonds. The molecule has 6 aromatic rings. The second-order valence-electron chi connectivity index (χ2n) is 17.9. The maximum absolute atomic E-state index is 9.04. The van der Waals surface area contributed by atoms with Gasteiger partial charge in [-0.3, -0.25) is 0 Å². The Kier molecular flexibility index (Phi) is 42.3. The van der Waals surface area contributed by atoms with Crippen LogP contribution in [0.2, 0.25) is 0 Å².